The zero-order valence-corrected chi connectivity index (χ0v) is 17.4. The number of carbonyl (C=O) groups excluding carboxylic acids is 2. The molecule has 1 saturated heterocycles. The number of thiazole rings is 2. The van der Waals surface area contributed by atoms with E-state index >= 15 is 0 Å². The highest BCUT2D eigenvalue weighted by Gasteiger charge is 2.26. The first-order valence-corrected chi connectivity index (χ1v) is 11.3. The lowest BCUT2D eigenvalue weighted by Crippen LogP contribution is -2.38. The molecule has 150 valence electrons. The van der Waals surface area contributed by atoms with Gasteiger partial charge in [0.1, 0.15) is 0 Å². The van der Waals surface area contributed by atoms with Crippen LogP contribution in [-0.2, 0) is 9.59 Å². The van der Waals surface area contributed by atoms with Gasteiger partial charge in [0.2, 0.25) is 11.8 Å². The van der Waals surface area contributed by atoms with Gasteiger partial charge in [-0.15, -0.1) is 22.7 Å². The quantitative estimate of drug-likeness (QED) is 0.647. The molecule has 2 amide bonds. The second kappa shape index (κ2) is 9.23. The number of pyridine rings is 1. The second-order valence-corrected chi connectivity index (χ2v) is 8.63. The maximum Gasteiger partial charge on any atom is 0.226 e. The summed E-state index contributed by atoms with van der Waals surface area (Å²) in [6.07, 6.45) is 7.40. The van der Waals surface area contributed by atoms with Gasteiger partial charge >= 0.3 is 0 Å². The van der Waals surface area contributed by atoms with Crippen LogP contribution in [0.25, 0.3) is 11.3 Å². The largest absolute Gasteiger partial charge is 0.343 e. The van der Waals surface area contributed by atoms with Gasteiger partial charge in [-0.25, -0.2) is 9.97 Å². The minimum atomic E-state index is -0.172. The summed E-state index contributed by atoms with van der Waals surface area (Å²) in [6.45, 7) is 1.42. The van der Waals surface area contributed by atoms with E-state index in [0.717, 1.165) is 29.1 Å². The van der Waals surface area contributed by atoms with E-state index < -0.39 is 0 Å². The summed E-state index contributed by atoms with van der Waals surface area (Å²) in [5.74, 6) is 0.247. The first kappa shape index (κ1) is 19.7. The van der Waals surface area contributed by atoms with Crippen molar-refractivity contribution >= 4 is 39.6 Å². The minimum Gasteiger partial charge on any atom is -0.343 e. The molecule has 0 bridgehead atoms. The Kier molecular flexibility index (Phi) is 6.26. The average molecular weight is 428 g/mol. The lowest BCUT2D eigenvalue weighted by atomic mass is 9.97. The minimum absolute atomic E-state index is 0.0364. The maximum absolute atomic E-state index is 12.5. The zero-order valence-electron chi connectivity index (χ0n) is 15.8. The zero-order chi connectivity index (χ0) is 20.1. The maximum atomic E-state index is 12.5. The van der Waals surface area contributed by atoms with Crippen LogP contribution in [0.5, 0.6) is 0 Å². The molecular formula is C20H21N5O2S2. The third-order valence-electron chi connectivity index (χ3n) is 4.94. The van der Waals surface area contributed by atoms with E-state index in [1.165, 1.54) is 11.3 Å². The number of carbonyl (C=O) groups is 2. The molecule has 1 N–H and O–H groups in total. The number of anilines is 1. The molecular weight excluding hydrogens is 406 g/mol. The van der Waals surface area contributed by atoms with Crippen molar-refractivity contribution in [2.24, 2.45) is 0 Å². The Hall–Kier alpha value is -2.65. The number of rotatable bonds is 6. The van der Waals surface area contributed by atoms with Crippen molar-refractivity contribution in [2.45, 2.75) is 31.6 Å². The first-order valence-electron chi connectivity index (χ1n) is 9.52. The van der Waals surface area contributed by atoms with Crippen LogP contribution in [0.15, 0.2) is 41.5 Å². The first-order chi connectivity index (χ1) is 14.2. The van der Waals surface area contributed by atoms with E-state index in [1.807, 2.05) is 17.0 Å². The predicted octanol–water partition coefficient (Wildman–Crippen LogP) is 3.79. The van der Waals surface area contributed by atoms with Gasteiger partial charge in [0.15, 0.2) is 5.13 Å². The van der Waals surface area contributed by atoms with E-state index in [-0.39, 0.29) is 24.7 Å². The normalized spacial score (nSPS) is 14.7. The molecule has 3 aromatic rings. The van der Waals surface area contributed by atoms with Crippen LogP contribution in [0.1, 0.15) is 36.6 Å². The molecule has 0 atom stereocenters. The molecule has 0 unspecified atom stereocenters. The highest BCUT2D eigenvalue weighted by Crippen LogP contribution is 2.33. The number of piperidine rings is 1. The summed E-state index contributed by atoms with van der Waals surface area (Å²) in [6, 6.07) is 3.93. The van der Waals surface area contributed by atoms with Gasteiger partial charge in [0.05, 0.1) is 10.7 Å². The molecule has 1 fully saturated rings. The van der Waals surface area contributed by atoms with E-state index in [4.69, 9.17) is 4.98 Å². The Morgan fingerprint density at radius 3 is 2.62 bits per heavy atom. The van der Waals surface area contributed by atoms with Crippen LogP contribution in [0.2, 0.25) is 0 Å². The summed E-state index contributed by atoms with van der Waals surface area (Å²) in [7, 11) is 0. The van der Waals surface area contributed by atoms with Gasteiger partial charge in [0.25, 0.3) is 0 Å². The highest BCUT2D eigenvalue weighted by molar-refractivity contribution is 7.13. The number of aromatic nitrogens is 3. The van der Waals surface area contributed by atoms with Crippen LogP contribution >= 0.6 is 22.7 Å². The van der Waals surface area contributed by atoms with Gasteiger partial charge in [-0.05, 0) is 25.0 Å². The number of nitrogens with one attached hydrogen (secondary N) is 1. The van der Waals surface area contributed by atoms with E-state index in [1.54, 1.807) is 35.3 Å². The third-order valence-corrected chi connectivity index (χ3v) is 6.64. The average Bonchev–Trinajstić information content (AvgIpc) is 3.45. The lowest BCUT2D eigenvalue weighted by Gasteiger charge is -2.31. The second-order valence-electron chi connectivity index (χ2n) is 6.85. The Morgan fingerprint density at radius 2 is 1.90 bits per heavy atom. The summed E-state index contributed by atoms with van der Waals surface area (Å²) in [5.41, 5.74) is 2.06. The van der Waals surface area contributed by atoms with Crippen LogP contribution in [0.3, 0.4) is 0 Å². The SMILES string of the molecule is O=C(CCC(=O)N1CCC(c2nc(-c3ccncc3)cs2)CC1)Nc1nccs1. The summed E-state index contributed by atoms with van der Waals surface area (Å²) in [5, 5.41) is 8.30. The Morgan fingerprint density at radius 1 is 1.10 bits per heavy atom. The fourth-order valence-electron chi connectivity index (χ4n) is 3.35. The van der Waals surface area contributed by atoms with Crippen molar-refractivity contribution in [2.75, 3.05) is 18.4 Å². The number of amides is 2. The Balaban J connectivity index is 1.24. The number of hydrogen-bond acceptors (Lipinski definition) is 7. The molecule has 1 aliphatic heterocycles. The molecule has 29 heavy (non-hydrogen) atoms. The molecule has 1 aliphatic rings. The smallest absolute Gasteiger partial charge is 0.226 e. The fourth-order valence-corrected chi connectivity index (χ4v) is 4.90. The molecule has 7 nitrogen and oxygen atoms in total. The van der Waals surface area contributed by atoms with Crippen molar-refractivity contribution in [1.29, 1.82) is 0 Å². The molecule has 0 radical (unpaired) electrons. The van der Waals surface area contributed by atoms with Gasteiger partial charge < -0.3 is 10.2 Å². The molecule has 4 rings (SSSR count). The standard InChI is InChI=1S/C20H21N5O2S2/c26-17(24-20-22-9-12-28-20)1-2-18(27)25-10-5-15(6-11-25)19-23-16(13-29-19)14-3-7-21-8-4-14/h3-4,7-9,12-13,15H,1-2,5-6,10-11H2,(H,22,24,26). The molecule has 0 saturated carbocycles. The highest BCUT2D eigenvalue weighted by atomic mass is 32.1. The van der Waals surface area contributed by atoms with E-state index in [2.05, 4.69) is 20.7 Å². The molecule has 0 spiro atoms. The Labute approximate surface area is 176 Å². The summed E-state index contributed by atoms with van der Waals surface area (Å²) < 4.78 is 0. The lowest BCUT2D eigenvalue weighted by molar-refractivity contribution is -0.133. The van der Waals surface area contributed by atoms with E-state index in [0.29, 0.717) is 24.1 Å². The van der Waals surface area contributed by atoms with Crippen LogP contribution in [0.4, 0.5) is 5.13 Å². The van der Waals surface area contributed by atoms with Crippen LogP contribution in [0, 0.1) is 0 Å². The fraction of sp³-hybridized carbons (Fsp3) is 0.350. The van der Waals surface area contributed by atoms with Gasteiger partial charge in [0, 0.05) is 66.8 Å². The van der Waals surface area contributed by atoms with Crippen molar-refractivity contribution < 1.29 is 9.59 Å². The topological polar surface area (TPSA) is 88.1 Å². The van der Waals surface area contributed by atoms with Crippen molar-refractivity contribution in [3.8, 4) is 11.3 Å². The van der Waals surface area contributed by atoms with Crippen molar-refractivity contribution in [1.82, 2.24) is 19.9 Å². The summed E-state index contributed by atoms with van der Waals surface area (Å²) in [4.78, 5) is 39.1. The number of hydrogen-bond donors (Lipinski definition) is 1. The monoisotopic (exact) mass is 427 g/mol. The molecule has 4 heterocycles. The van der Waals surface area contributed by atoms with Gasteiger partial charge in [-0.3, -0.25) is 14.6 Å². The van der Waals surface area contributed by atoms with Gasteiger partial charge in [-0.2, -0.15) is 0 Å². The molecule has 0 aromatic carbocycles. The molecule has 9 heteroatoms. The van der Waals surface area contributed by atoms with Crippen LogP contribution in [-0.4, -0.2) is 44.8 Å². The number of likely N-dealkylation sites (tertiary alicyclic amines) is 1. The van der Waals surface area contributed by atoms with E-state index in [9.17, 15) is 9.59 Å². The number of nitrogens with zero attached hydrogens (tertiary/aromatic N) is 4. The third kappa shape index (κ3) is 5.04. The van der Waals surface area contributed by atoms with Crippen LogP contribution < -0.4 is 5.32 Å². The van der Waals surface area contributed by atoms with Crippen molar-refractivity contribution in [3.05, 3.63) is 46.5 Å². The van der Waals surface area contributed by atoms with Crippen molar-refractivity contribution in [3.63, 3.8) is 0 Å². The Bertz CT molecular complexity index is 950. The van der Waals surface area contributed by atoms with Gasteiger partial charge in [-0.1, -0.05) is 0 Å². The molecule has 0 aliphatic carbocycles. The summed E-state index contributed by atoms with van der Waals surface area (Å²) >= 11 is 3.05. The molecule has 3 aromatic heterocycles. The predicted molar refractivity (Wildman–Crippen MR) is 114 cm³/mol.